The quantitative estimate of drug-likeness (QED) is 0.586. The number of unbranched alkanes of at least 4 members (excludes halogenated alkanes) is 1. The maximum atomic E-state index is 11.2. The minimum Gasteiger partial charge on any atom is -0.356 e. The van der Waals surface area contributed by atoms with Crippen molar-refractivity contribution in [2.75, 3.05) is 20.1 Å². The van der Waals surface area contributed by atoms with E-state index in [0.717, 1.165) is 25.9 Å². The number of hydrogen-bond donors (Lipinski definition) is 2. The van der Waals surface area contributed by atoms with Crippen molar-refractivity contribution in [2.24, 2.45) is 5.92 Å². The average molecular weight is 186 g/mol. The highest BCUT2D eigenvalue weighted by Gasteiger charge is 2.00. The molecule has 78 valence electrons. The average Bonchev–Trinajstić information content (AvgIpc) is 2.09. The van der Waals surface area contributed by atoms with Crippen LogP contribution in [-0.4, -0.2) is 26.0 Å². The van der Waals surface area contributed by atoms with Gasteiger partial charge in [0.1, 0.15) is 0 Å². The lowest BCUT2D eigenvalue weighted by Gasteiger charge is -2.07. The van der Waals surface area contributed by atoms with Crippen molar-refractivity contribution in [3.05, 3.63) is 0 Å². The van der Waals surface area contributed by atoms with E-state index in [0.29, 0.717) is 12.3 Å². The topological polar surface area (TPSA) is 41.1 Å². The van der Waals surface area contributed by atoms with E-state index in [2.05, 4.69) is 24.5 Å². The third-order valence-electron chi connectivity index (χ3n) is 1.79. The molecule has 3 nitrogen and oxygen atoms in total. The van der Waals surface area contributed by atoms with Gasteiger partial charge in [-0.05, 0) is 32.4 Å². The van der Waals surface area contributed by atoms with Crippen molar-refractivity contribution in [3.8, 4) is 0 Å². The molecule has 0 atom stereocenters. The molecule has 0 aromatic rings. The van der Waals surface area contributed by atoms with Gasteiger partial charge in [0.25, 0.3) is 0 Å². The lowest BCUT2D eigenvalue weighted by Crippen LogP contribution is -2.27. The first-order chi connectivity index (χ1) is 6.16. The minimum atomic E-state index is 0.185. The van der Waals surface area contributed by atoms with Crippen molar-refractivity contribution in [1.29, 1.82) is 0 Å². The van der Waals surface area contributed by atoms with Crippen LogP contribution in [0.2, 0.25) is 0 Å². The SMILES string of the molecule is CNCCCCC(=O)NCC(C)C. The van der Waals surface area contributed by atoms with Gasteiger partial charge in [0.2, 0.25) is 5.91 Å². The first-order valence-electron chi connectivity index (χ1n) is 5.08. The highest BCUT2D eigenvalue weighted by molar-refractivity contribution is 5.75. The summed E-state index contributed by atoms with van der Waals surface area (Å²) in [5, 5.41) is 5.96. The van der Waals surface area contributed by atoms with E-state index < -0.39 is 0 Å². The Hall–Kier alpha value is -0.570. The van der Waals surface area contributed by atoms with Crippen LogP contribution in [0.25, 0.3) is 0 Å². The number of nitrogens with one attached hydrogen (secondary N) is 2. The third-order valence-corrected chi connectivity index (χ3v) is 1.79. The first kappa shape index (κ1) is 12.4. The zero-order valence-electron chi connectivity index (χ0n) is 9.02. The Morgan fingerprint density at radius 2 is 2.00 bits per heavy atom. The van der Waals surface area contributed by atoms with Crippen LogP contribution in [0.1, 0.15) is 33.1 Å². The van der Waals surface area contributed by atoms with E-state index in [1.807, 2.05) is 7.05 Å². The maximum Gasteiger partial charge on any atom is 0.220 e. The number of rotatable bonds is 7. The van der Waals surface area contributed by atoms with Crippen LogP contribution in [0.4, 0.5) is 0 Å². The van der Waals surface area contributed by atoms with Crippen molar-refractivity contribution >= 4 is 5.91 Å². The van der Waals surface area contributed by atoms with Gasteiger partial charge in [-0.1, -0.05) is 13.8 Å². The molecular formula is C10H22N2O. The summed E-state index contributed by atoms with van der Waals surface area (Å²) < 4.78 is 0. The lowest BCUT2D eigenvalue weighted by molar-refractivity contribution is -0.121. The van der Waals surface area contributed by atoms with Gasteiger partial charge >= 0.3 is 0 Å². The molecule has 0 rings (SSSR count). The molecule has 2 N–H and O–H groups in total. The molecular weight excluding hydrogens is 164 g/mol. The van der Waals surface area contributed by atoms with Gasteiger partial charge in [-0.3, -0.25) is 4.79 Å². The Morgan fingerprint density at radius 3 is 2.54 bits per heavy atom. The zero-order chi connectivity index (χ0) is 10.1. The zero-order valence-corrected chi connectivity index (χ0v) is 9.02. The largest absolute Gasteiger partial charge is 0.356 e. The predicted octanol–water partition coefficient (Wildman–Crippen LogP) is 1.15. The standard InChI is InChI=1S/C10H22N2O/c1-9(2)8-12-10(13)6-4-5-7-11-3/h9,11H,4-8H2,1-3H3,(H,12,13). The Morgan fingerprint density at radius 1 is 1.31 bits per heavy atom. The summed E-state index contributed by atoms with van der Waals surface area (Å²) in [7, 11) is 1.93. The monoisotopic (exact) mass is 186 g/mol. The first-order valence-corrected chi connectivity index (χ1v) is 5.08. The van der Waals surface area contributed by atoms with Crippen LogP contribution in [0.5, 0.6) is 0 Å². The molecule has 0 aliphatic rings. The Balaban J connectivity index is 3.20. The molecule has 0 aliphatic carbocycles. The van der Waals surface area contributed by atoms with Crippen molar-refractivity contribution in [2.45, 2.75) is 33.1 Å². The normalized spacial score (nSPS) is 10.5. The summed E-state index contributed by atoms with van der Waals surface area (Å²) >= 11 is 0. The minimum absolute atomic E-state index is 0.185. The van der Waals surface area contributed by atoms with Crippen molar-refractivity contribution in [3.63, 3.8) is 0 Å². The Kier molecular flexibility index (Phi) is 7.69. The fourth-order valence-electron chi connectivity index (χ4n) is 0.994. The smallest absolute Gasteiger partial charge is 0.220 e. The van der Waals surface area contributed by atoms with Gasteiger partial charge < -0.3 is 10.6 Å². The molecule has 0 fully saturated rings. The highest BCUT2D eigenvalue weighted by Crippen LogP contribution is 1.94. The van der Waals surface area contributed by atoms with Gasteiger partial charge in [0.05, 0.1) is 0 Å². The molecule has 13 heavy (non-hydrogen) atoms. The van der Waals surface area contributed by atoms with Gasteiger partial charge in [0.15, 0.2) is 0 Å². The molecule has 0 spiro atoms. The van der Waals surface area contributed by atoms with Crippen LogP contribution in [0.15, 0.2) is 0 Å². The second-order valence-corrected chi connectivity index (χ2v) is 3.76. The Bertz CT molecular complexity index is 135. The fourth-order valence-corrected chi connectivity index (χ4v) is 0.994. The summed E-state index contributed by atoms with van der Waals surface area (Å²) in [5.74, 6) is 0.728. The van der Waals surface area contributed by atoms with E-state index in [1.165, 1.54) is 0 Å². The predicted molar refractivity (Wildman–Crippen MR) is 55.6 cm³/mol. The van der Waals surface area contributed by atoms with Crippen LogP contribution in [-0.2, 0) is 4.79 Å². The third kappa shape index (κ3) is 9.34. The number of carbonyl (C=O) groups excluding carboxylic acids is 1. The van der Waals surface area contributed by atoms with E-state index in [1.54, 1.807) is 0 Å². The molecule has 3 heteroatoms. The fraction of sp³-hybridized carbons (Fsp3) is 0.900. The Labute approximate surface area is 81.3 Å². The van der Waals surface area contributed by atoms with Crippen LogP contribution >= 0.6 is 0 Å². The molecule has 0 bridgehead atoms. The number of amides is 1. The summed E-state index contributed by atoms with van der Waals surface area (Å²) in [6.45, 7) is 5.99. The van der Waals surface area contributed by atoms with Gasteiger partial charge in [-0.2, -0.15) is 0 Å². The summed E-state index contributed by atoms with van der Waals surface area (Å²) in [4.78, 5) is 11.2. The second-order valence-electron chi connectivity index (χ2n) is 3.76. The second kappa shape index (κ2) is 8.05. The number of hydrogen-bond acceptors (Lipinski definition) is 2. The summed E-state index contributed by atoms with van der Waals surface area (Å²) in [6.07, 6.45) is 2.71. The molecule has 1 amide bonds. The molecule has 0 saturated heterocycles. The summed E-state index contributed by atoms with van der Waals surface area (Å²) in [6, 6.07) is 0. The van der Waals surface area contributed by atoms with Crippen molar-refractivity contribution < 1.29 is 4.79 Å². The molecule has 0 unspecified atom stereocenters. The number of carbonyl (C=O) groups is 1. The molecule has 0 saturated carbocycles. The van der Waals surface area contributed by atoms with Crippen LogP contribution in [0, 0.1) is 5.92 Å². The highest BCUT2D eigenvalue weighted by atomic mass is 16.1. The molecule has 0 heterocycles. The van der Waals surface area contributed by atoms with Crippen LogP contribution in [0.3, 0.4) is 0 Å². The molecule has 0 aliphatic heterocycles. The molecule has 0 radical (unpaired) electrons. The van der Waals surface area contributed by atoms with E-state index in [-0.39, 0.29) is 5.91 Å². The van der Waals surface area contributed by atoms with Crippen LogP contribution < -0.4 is 10.6 Å². The van der Waals surface area contributed by atoms with E-state index >= 15 is 0 Å². The lowest BCUT2D eigenvalue weighted by atomic mass is 10.2. The van der Waals surface area contributed by atoms with Crippen molar-refractivity contribution in [1.82, 2.24) is 10.6 Å². The van der Waals surface area contributed by atoms with E-state index in [9.17, 15) is 4.79 Å². The molecule has 0 aromatic carbocycles. The summed E-state index contributed by atoms with van der Waals surface area (Å²) in [5.41, 5.74) is 0. The van der Waals surface area contributed by atoms with Gasteiger partial charge in [-0.25, -0.2) is 0 Å². The van der Waals surface area contributed by atoms with Gasteiger partial charge in [-0.15, -0.1) is 0 Å². The maximum absolute atomic E-state index is 11.2. The molecule has 0 aromatic heterocycles. The van der Waals surface area contributed by atoms with Gasteiger partial charge in [0, 0.05) is 13.0 Å². The van der Waals surface area contributed by atoms with E-state index in [4.69, 9.17) is 0 Å².